The molecule has 0 aromatic rings. The zero-order valence-electron chi connectivity index (χ0n) is 12.9. The normalized spacial score (nSPS) is 37.8. The van der Waals surface area contributed by atoms with Gasteiger partial charge in [0.1, 0.15) is 0 Å². The minimum Gasteiger partial charge on any atom is -0.305 e. The van der Waals surface area contributed by atoms with Crippen molar-refractivity contribution in [3.63, 3.8) is 0 Å². The predicted octanol–water partition coefficient (Wildman–Crippen LogP) is 3.09. The van der Waals surface area contributed by atoms with E-state index in [2.05, 4.69) is 6.92 Å². The van der Waals surface area contributed by atoms with E-state index in [0.717, 1.165) is 19.0 Å². The predicted molar refractivity (Wildman–Crippen MR) is 77.1 cm³/mol. The molecule has 0 atom stereocenters. The van der Waals surface area contributed by atoms with Crippen LogP contribution < -0.4 is 0 Å². The van der Waals surface area contributed by atoms with E-state index in [-0.39, 0.29) is 6.54 Å². The third-order valence-electron chi connectivity index (χ3n) is 5.90. The summed E-state index contributed by atoms with van der Waals surface area (Å²) in [5, 5.41) is 0. The van der Waals surface area contributed by atoms with Crippen molar-refractivity contribution < 1.29 is 8.78 Å². The molecule has 0 radical (unpaired) electrons. The van der Waals surface area contributed by atoms with Crippen molar-refractivity contribution in [3.8, 4) is 0 Å². The maximum Gasteiger partial charge on any atom is 0.268 e. The van der Waals surface area contributed by atoms with Gasteiger partial charge in [-0.05, 0) is 44.7 Å². The number of hydrogen-bond acceptors (Lipinski definition) is 2. The summed E-state index contributed by atoms with van der Waals surface area (Å²) < 4.78 is 29.0. The fourth-order valence-electron chi connectivity index (χ4n) is 4.49. The van der Waals surface area contributed by atoms with E-state index in [1.165, 1.54) is 25.7 Å². The average Bonchev–Trinajstić information content (AvgIpc) is 2.34. The Morgan fingerprint density at radius 3 is 2.25 bits per heavy atom. The minimum absolute atomic E-state index is 0.00705. The first-order chi connectivity index (χ1) is 9.40. The Bertz CT molecular complexity index is 344. The van der Waals surface area contributed by atoms with Gasteiger partial charge in [0.25, 0.3) is 5.92 Å². The monoisotopic (exact) mass is 286 g/mol. The van der Waals surface area contributed by atoms with Gasteiger partial charge in [-0.1, -0.05) is 19.8 Å². The smallest absolute Gasteiger partial charge is 0.268 e. The van der Waals surface area contributed by atoms with Crippen LogP contribution in [0.15, 0.2) is 0 Å². The number of piperidine rings is 1. The summed E-state index contributed by atoms with van der Waals surface area (Å²) in [5.74, 6) is -1.01. The molecule has 2 nitrogen and oxygen atoms in total. The number of nitrogens with zero attached hydrogens (tertiary/aromatic N) is 2. The van der Waals surface area contributed by atoms with Crippen LogP contribution in [0.25, 0.3) is 0 Å². The Morgan fingerprint density at radius 1 is 1.05 bits per heavy atom. The topological polar surface area (TPSA) is 6.48 Å². The van der Waals surface area contributed by atoms with Crippen LogP contribution in [0.4, 0.5) is 8.78 Å². The van der Waals surface area contributed by atoms with Crippen molar-refractivity contribution >= 4 is 0 Å². The summed E-state index contributed by atoms with van der Waals surface area (Å²) in [7, 11) is 1.94. The van der Waals surface area contributed by atoms with E-state index in [9.17, 15) is 8.78 Å². The molecule has 0 unspecified atom stereocenters. The summed E-state index contributed by atoms with van der Waals surface area (Å²) >= 11 is 0. The summed E-state index contributed by atoms with van der Waals surface area (Å²) in [4.78, 5) is 4.07. The van der Waals surface area contributed by atoms with Crippen molar-refractivity contribution in [2.24, 2.45) is 17.3 Å². The quantitative estimate of drug-likeness (QED) is 0.770. The molecule has 2 aliphatic heterocycles. The lowest BCUT2D eigenvalue weighted by Crippen LogP contribution is -2.69. The molecule has 0 bridgehead atoms. The highest BCUT2D eigenvalue weighted by atomic mass is 19.3. The molecule has 0 N–H and O–H groups in total. The number of alkyl halides is 2. The third-order valence-corrected chi connectivity index (χ3v) is 5.90. The lowest BCUT2D eigenvalue weighted by Gasteiger charge is -2.57. The van der Waals surface area contributed by atoms with Crippen molar-refractivity contribution in [1.29, 1.82) is 0 Å². The minimum atomic E-state index is -2.50. The van der Waals surface area contributed by atoms with Gasteiger partial charge in [0.05, 0.1) is 12.0 Å². The Labute approximate surface area is 121 Å². The maximum absolute atomic E-state index is 14.5. The number of halogens is 2. The van der Waals surface area contributed by atoms with Gasteiger partial charge in [0.15, 0.2) is 0 Å². The summed E-state index contributed by atoms with van der Waals surface area (Å²) in [5.41, 5.74) is -0.709. The van der Waals surface area contributed by atoms with Crippen molar-refractivity contribution in [2.45, 2.75) is 45.0 Å². The molecular weight excluding hydrogens is 258 g/mol. The molecule has 3 fully saturated rings. The number of rotatable bonds is 2. The van der Waals surface area contributed by atoms with Crippen LogP contribution in [0.2, 0.25) is 0 Å². The Kier molecular flexibility index (Phi) is 3.83. The molecule has 2 saturated heterocycles. The zero-order chi connectivity index (χ0) is 14.4. The van der Waals surface area contributed by atoms with Gasteiger partial charge >= 0.3 is 0 Å². The van der Waals surface area contributed by atoms with Crippen molar-refractivity contribution in [1.82, 2.24) is 9.80 Å². The van der Waals surface area contributed by atoms with Gasteiger partial charge in [0.2, 0.25) is 0 Å². The first-order valence-corrected chi connectivity index (χ1v) is 8.19. The molecule has 4 heteroatoms. The van der Waals surface area contributed by atoms with E-state index >= 15 is 0 Å². The van der Waals surface area contributed by atoms with Crippen LogP contribution >= 0.6 is 0 Å². The zero-order valence-corrected chi connectivity index (χ0v) is 12.9. The fourth-order valence-corrected chi connectivity index (χ4v) is 4.49. The van der Waals surface area contributed by atoms with E-state index < -0.39 is 11.3 Å². The van der Waals surface area contributed by atoms with Gasteiger partial charge in [0, 0.05) is 19.6 Å². The Balaban J connectivity index is 1.54. The second-order valence-electron chi connectivity index (χ2n) is 7.77. The lowest BCUT2D eigenvalue weighted by atomic mass is 9.69. The molecule has 3 aliphatic rings. The second kappa shape index (κ2) is 5.20. The second-order valence-corrected chi connectivity index (χ2v) is 7.77. The van der Waals surface area contributed by atoms with Gasteiger partial charge in [-0.15, -0.1) is 0 Å². The van der Waals surface area contributed by atoms with E-state index in [1.807, 2.05) is 16.8 Å². The highest BCUT2D eigenvalue weighted by Crippen LogP contribution is 2.49. The molecule has 3 rings (SSSR count). The van der Waals surface area contributed by atoms with E-state index in [0.29, 0.717) is 25.4 Å². The third kappa shape index (κ3) is 2.61. The van der Waals surface area contributed by atoms with Crippen molar-refractivity contribution in [2.75, 3.05) is 39.8 Å². The first kappa shape index (κ1) is 14.7. The molecule has 20 heavy (non-hydrogen) atoms. The standard InChI is InChI=1S/C16H28F2N2/c1-13-3-5-14(6-4-13)9-20-8-7-15(10-19(2)11-15)16(17,18)12-20/h13-14H,3-12H2,1-2H3. The first-order valence-electron chi connectivity index (χ1n) is 8.19. The molecule has 0 aromatic carbocycles. The fraction of sp³-hybridized carbons (Fsp3) is 1.00. The van der Waals surface area contributed by atoms with Crippen LogP contribution in [0.3, 0.4) is 0 Å². The van der Waals surface area contributed by atoms with Gasteiger partial charge in [-0.3, -0.25) is 4.90 Å². The SMILES string of the molecule is CC1CCC(CN2CCC3(CN(C)C3)C(F)(F)C2)CC1. The largest absolute Gasteiger partial charge is 0.305 e. The highest BCUT2D eigenvalue weighted by Gasteiger charge is 2.61. The van der Waals surface area contributed by atoms with E-state index in [1.54, 1.807) is 0 Å². The Hall–Kier alpha value is -0.220. The number of hydrogen-bond donors (Lipinski definition) is 0. The Morgan fingerprint density at radius 2 is 1.70 bits per heavy atom. The summed E-state index contributed by atoms with van der Waals surface area (Å²) in [6, 6.07) is 0. The lowest BCUT2D eigenvalue weighted by molar-refractivity contribution is -0.221. The molecule has 116 valence electrons. The van der Waals surface area contributed by atoms with Gasteiger partial charge in [-0.25, -0.2) is 8.78 Å². The number of likely N-dealkylation sites (tertiary alicyclic amines) is 2. The average molecular weight is 286 g/mol. The molecule has 1 saturated carbocycles. The molecule has 0 aromatic heterocycles. The van der Waals surface area contributed by atoms with Crippen LogP contribution in [0, 0.1) is 17.3 Å². The van der Waals surface area contributed by atoms with Crippen molar-refractivity contribution in [3.05, 3.63) is 0 Å². The highest BCUT2D eigenvalue weighted by molar-refractivity contribution is 5.07. The van der Waals surface area contributed by atoms with Crippen LogP contribution in [0.1, 0.15) is 39.0 Å². The molecule has 1 aliphatic carbocycles. The van der Waals surface area contributed by atoms with E-state index in [4.69, 9.17) is 0 Å². The summed E-state index contributed by atoms with van der Waals surface area (Å²) in [6.45, 7) is 5.22. The van der Waals surface area contributed by atoms with Crippen LogP contribution in [-0.4, -0.2) is 55.5 Å². The summed E-state index contributed by atoms with van der Waals surface area (Å²) in [6.07, 6.45) is 5.70. The maximum atomic E-state index is 14.5. The van der Waals surface area contributed by atoms with Crippen LogP contribution in [0.5, 0.6) is 0 Å². The molecule has 1 spiro atoms. The van der Waals surface area contributed by atoms with Gasteiger partial charge < -0.3 is 4.90 Å². The van der Waals surface area contributed by atoms with Crippen LogP contribution in [-0.2, 0) is 0 Å². The molecule has 2 heterocycles. The molecular formula is C16H28F2N2. The molecule has 0 amide bonds. The van der Waals surface area contributed by atoms with Gasteiger partial charge in [-0.2, -0.15) is 0 Å².